The fourth-order valence-corrected chi connectivity index (χ4v) is 2.51. The second-order valence-electron chi connectivity index (χ2n) is 3.98. The van der Waals surface area contributed by atoms with E-state index in [0.717, 1.165) is 5.69 Å². The first-order valence-corrected chi connectivity index (χ1v) is 8.84. The topological polar surface area (TPSA) is 106 Å². The lowest BCUT2D eigenvalue weighted by molar-refractivity contribution is 0.596. The normalized spacial score (nSPS) is 12.3. The number of primary sulfonamides is 1. The molecule has 3 N–H and O–H groups in total. The molecule has 0 aliphatic carbocycles. The fourth-order valence-electron chi connectivity index (χ4n) is 1.33. The van der Waals surface area contributed by atoms with E-state index in [-0.39, 0.29) is 10.6 Å². The molecule has 0 radical (unpaired) electrons. The minimum atomic E-state index is -3.67. The molecular weight excluding hydrogens is 276 g/mol. The van der Waals surface area contributed by atoms with E-state index in [9.17, 15) is 16.8 Å². The van der Waals surface area contributed by atoms with Crippen molar-refractivity contribution in [3.8, 4) is 0 Å². The van der Waals surface area contributed by atoms with Crippen LogP contribution in [0.1, 0.15) is 6.42 Å². The summed E-state index contributed by atoms with van der Waals surface area (Å²) in [6.07, 6.45) is 1.68. The van der Waals surface area contributed by atoms with Crippen LogP contribution in [0.5, 0.6) is 0 Å². The van der Waals surface area contributed by atoms with Crippen molar-refractivity contribution < 1.29 is 16.8 Å². The summed E-state index contributed by atoms with van der Waals surface area (Å²) in [5, 5.41) is 7.96. The number of nitrogens with one attached hydrogen (secondary N) is 1. The molecule has 0 saturated carbocycles. The second-order valence-corrected chi connectivity index (χ2v) is 7.80. The standard InChI is InChI=1S/C10H16N2O4S2/c1-17(13,14)8-2-7-12-9-3-5-10(6-4-9)18(11,15)16/h3-6,12H,2,7-8H2,1H3,(H2,11,15,16). The van der Waals surface area contributed by atoms with E-state index in [1.54, 1.807) is 12.1 Å². The predicted molar refractivity (Wildman–Crippen MR) is 70.6 cm³/mol. The van der Waals surface area contributed by atoms with Crippen LogP contribution < -0.4 is 10.5 Å². The van der Waals surface area contributed by atoms with Crippen molar-refractivity contribution in [1.82, 2.24) is 0 Å². The molecule has 8 heteroatoms. The molecule has 0 unspecified atom stereocenters. The van der Waals surface area contributed by atoms with E-state index in [1.807, 2.05) is 0 Å². The number of benzene rings is 1. The van der Waals surface area contributed by atoms with Crippen LogP contribution in [0.3, 0.4) is 0 Å². The van der Waals surface area contributed by atoms with E-state index in [4.69, 9.17) is 5.14 Å². The van der Waals surface area contributed by atoms with E-state index in [2.05, 4.69) is 5.32 Å². The minimum Gasteiger partial charge on any atom is -0.385 e. The van der Waals surface area contributed by atoms with Crippen molar-refractivity contribution in [2.75, 3.05) is 23.9 Å². The summed E-state index contributed by atoms with van der Waals surface area (Å²) in [6.45, 7) is 0.502. The summed E-state index contributed by atoms with van der Waals surface area (Å²) in [5.41, 5.74) is 0.718. The lowest BCUT2D eigenvalue weighted by Crippen LogP contribution is -2.12. The summed E-state index contributed by atoms with van der Waals surface area (Å²) >= 11 is 0. The molecule has 1 aromatic rings. The molecule has 0 saturated heterocycles. The summed E-state index contributed by atoms with van der Waals surface area (Å²) in [4.78, 5) is 0.0455. The summed E-state index contributed by atoms with van der Waals surface area (Å²) in [7, 11) is -6.61. The van der Waals surface area contributed by atoms with Gasteiger partial charge in [-0.1, -0.05) is 0 Å². The zero-order valence-electron chi connectivity index (χ0n) is 9.96. The van der Waals surface area contributed by atoms with Crippen molar-refractivity contribution in [3.05, 3.63) is 24.3 Å². The third kappa shape index (κ3) is 5.48. The molecule has 0 aliphatic heterocycles. The molecule has 0 spiro atoms. The third-order valence-corrected chi connectivity index (χ3v) is 4.16. The molecule has 1 rings (SSSR count). The monoisotopic (exact) mass is 292 g/mol. The Morgan fingerprint density at radius 1 is 1.11 bits per heavy atom. The number of hydrogen-bond donors (Lipinski definition) is 2. The highest BCUT2D eigenvalue weighted by Gasteiger charge is 2.06. The number of sulfone groups is 1. The quantitative estimate of drug-likeness (QED) is 0.727. The highest BCUT2D eigenvalue weighted by molar-refractivity contribution is 7.90. The number of nitrogens with two attached hydrogens (primary N) is 1. The van der Waals surface area contributed by atoms with Gasteiger partial charge in [-0.05, 0) is 30.7 Å². The molecule has 0 aliphatic rings. The van der Waals surface area contributed by atoms with Gasteiger partial charge in [0.15, 0.2) is 0 Å². The zero-order valence-corrected chi connectivity index (χ0v) is 11.6. The van der Waals surface area contributed by atoms with Crippen LogP contribution in [0.15, 0.2) is 29.2 Å². The maximum absolute atomic E-state index is 11.0. The largest absolute Gasteiger partial charge is 0.385 e. The smallest absolute Gasteiger partial charge is 0.238 e. The van der Waals surface area contributed by atoms with Gasteiger partial charge >= 0.3 is 0 Å². The van der Waals surface area contributed by atoms with Gasteiger partial charge in [0.2, 0.25) is 10.0 Å². The molecule has 1 aromatic carbocycles. The Balaban J connectivity index is 2.50. The van der Waals surface area contributed by atoms with Crippen molar-refractivity contribution in [3.63, 3.8) is 0 Å². The first-order valence-electron chi connectivity index (χ1n) is 5.23. The second kappa shape index (κ2) is 5.68. The maximum Gasteiger partial charge on any atom is 0.238 e. The van der Waals surface area contributed by atoms with Crippen LogP contribution in [0, 0.1) is 0 Å². The molecule has 0 fully saturated rings. The van der Waals surface area contributed by atoms with Gasteiger partial charge in [0.25, 0.3) is 0 Å². The summed E-state index contributed by atoms with van der Waals surface area (Å²) in [5.74, 6) is 0.120. The van der Waals surface area contributed by atoms with Gasteiger partial charge in [-0.2, -0.15) is 0 Å². The molecule has 0 amide bonds. The van der Waals surface area contributed by atoms with Crippen molar-refractivity contribution >= 4 is 25.5 Å². The predicted octanol–water partition coefficient (Wildman–Crippen LogP) is 0.181. The molecule has 18 heavy (non-hydrogen) atoms. The Bertz CT molecular complexity index is 591. The van der Waals surface area contributed by atoms with Crippen LogP contribution >= 0.6 is 0 Å². The Morgan fingerprint density at radius 3 is 2.11 bits per heavy atom. The molecular formula is C10H16N2O4S2. The SMILES string of the molecule is CS(=O)(=O)CCCNc1ccc(S(N)(=O)=O)cc1. The van der Waals surface area contributed by atoms with Crippen LogP contribution in [-0.4, -0.2) is 35.4 Å². The van der Waals surface area contributed by atoms with Crippen LogP contribution in [0.4, 0.5) is 5.69 Å². The first kappa shape index (κ1) is 14.9. The van der Waals surface area contributed by atoms with Crippen LogP contribution in [0.25, 0.3) is 0 Å². The van der Waals surface area contributed by atoms with E-state index >= 15 is 0 Å². The Kier molecular flexibility index (Phi) is 4.71. The van der Waals surface area contributed by atoms with E-state index in [0.29, 0.717) is 13.0 Å². The molecule has 0 bridgehead atoms. The number of anilines is 1. The maximum atomic E-state index is 11.0. The summed E-state index contributed by atoms with van der Waals surface area (Å²) in [6, 6.07) is 5.96. The van der Waals surface area contributed by atoms with E-state index in [1.165, 1.54) is 18.4 Å². The molecule has 0 aromatic heterocycles. The zero-order chi connectivity index (χ0) is 13.8. The van der Waals surface area contributed by atoms with Crippen molar-refractivity contribution in [1.29, 1.82) is 0 Å². The third-order valence-electron chi connectivity index (χ3n) is 2.20. The molecule has 102 valence electrons. The van der Waals surface area contributed by atoms with Gasteiger partial charge in [0, 0.05) is 18.5 Å². The van der Waals surface area contributed by atoms with Gasteiger partial charge in [0.1, 0.15) is 9.84 Å². The first-order chi connectivity index (χ1) is 8.18. The summed E-state index contributed by atoms with van der Waals surface area (Å²) < 4.78 is 43.8. The van der Waals surface area contributed by atoms with Gasteiger partial charge in [-0.25, -0.2) is 22.0 Å². The van der Waals surface area contributed by atoms with E-state index < -0.39 is 19.9 Å². The number of rotatable bonds is 6. The fraction of sp³-hybridized carbons (Fsp3) is 0.400. The van der Waals surface area contributed by atoms with Crippen LogP contribution in [0.2, 0.25) is 0 Å². The van der Waals surface area contributed by atoms with Gasteiger partial charge in [-0.3, -0.25) is 0 Å². The molecule has 0 atom stereocenters. The van der Waals surface area contributed by atoms with Gasteiger partial charge in [0.05, 0.1) is 10.6 Å². The highest BCUT2D eigenvalue weighted by Crippen LogP contribution is 2.12. The highest BCUT2D eigenvalue weighted by atomic mass is 32.2. The average Bonchev–Trinajstić information content (AvgIpc) is 2.22. The number of hydrogen-bond acceptors (Lipinski definition) is 5. The van der Waals surface area contributed by atoms with Crippen LogP contribution in [-0.2, 0) is 19.9 Å². The lowest BCUT2D eigenvalue weighted by Gasteiger charge is -2.06. The molecule has 0 heterocycles. The number of sulfonamides is 1. The van der Waals surface area contributed by atoms with Crippen molar-refractivity contribution in [2.45, 2.75) is 11.3 Å². The average molecular weight is 292 g/mol. The van der Waals surface area contributed by atoms with Gasteiger partial charge in [-0.15, -0.1) is 0 Å². The lowest BCUT2D eigenvalue weighted by atomic mass is 10.3. The minimum absolute atomic E-state index is 0.0455. The molecule has 6 nitrogen and oxygen atoms in total. The Hall–Kier alpha value is -1.12. The Labute approximate surface area is 107 Å². The van der Waals surface area contributed by atoms with Gasteiger partial charge < -0.3 is 5.32 Å². The Morgan fingerprint density at radius 2 is 1.67 bits per heavy atom. The van der Waals surface area contributed by atoms with Crippen molar-refractivity contribution in [2.24, 2.45) is 5.14 Å².